The monoisotopic (exact) mass is 250 g/mol. The van der Waals surface area contributed by atoms with Gasteiger partial charge in [-0.2, -0.15) is 4.98 Å². The number of halogens is 1. The van der Waals surface area contributed by atoms with Crippen LogP contribution < -0.4 is 5.73 Å². The van der Waals surface area contributed by atoms with E-state index in [1.807, 2.05) is 13.8 Å². The first-order valence-corrected chi connectivity index (χ1v) is 5.75. The van der Waals surface area contributed by atoms with Crippen LogP contribution in [0.3, 0.4) is 0 Å². The van der Waals surface area contributed by atoms with Gasteiger partial charge in [0, 0.05) is 6.54 Å². The highest BCUT2D eigenvalue weighted by molar-refractivity contribution is 5.47. The number of aromatic nitrogens is 3. The summed E-state index contributed by atoms with van der Waals surface area (Å²) in [7, 11) is 0. The quantitative estimate of drug-likeness (QED) is 0.896. The Morgan fingerprint density at radius 3 is 2.78 bits per heavy atom. The average Bonchev–Trinajstić information content (AvgIpc) is 2.89. The second kappa shape index (κ2) is 4.81. The van der Waals surface area contributed by atoms with E-state index in [1.54, 1.807) is 0 Å². The molecule has 0 radical (unpaired) electrons. The maximum absolute atomic E-state index is 12.8. The van der Waals surface area contributed by atoms with E-state index in [9.17, 15) is 4.39 Å². The van der Waals surface area contributed by atoms with Crippen LogP contribution in [0.15, 0.2) is 22.9 Å². The molecule has 0 aliphatic heterocycles. The fraction of sp³-hybridized carbons (Fsp3) is 0.417. The smallest absolute Gasteiger partial charge is 0.234 e. The maximum Gasteiger partial charge on any atom is 0.234 e. The first-order chi connectivity index (χ1) is 8.59. The van der Waals surface area contributed by atoms with Crippen molar-refractivity contribution in [1.82, 2.24) is 15.1 Å². The zero-order valence-electron chi connectivity index (χ0n) is 10.4. The van der Waals surface area contributed by atoms with Crippen molar-refractivity contribution in [2.75, 3.05) is 6.54 Å². The van der Waals surface area contributed by atoms with Gasteiger partial charge in [0.1, 0.15) is 11.5 Å². The summed E-state index contributed by atoms with van der Waals surface area (Å²) in [6.07, 6.45) is 1.91. The molecule has 0 aromatic carbocycles. The van der Waals surface area contributed by atoms with Gasteiger partial charge in [-0.25, -0.2) is 9.37 Å². The molecular formula is C12H15FN4O. The first kappa shape index (κ1) is 12.6. The molecule has 6 heteroatoms. The summed E-state index contributed by atoms with van der Waals surface area (Å²) in [4.78, 5) is 8.19. The molecule has 0 spiro atoms. The minimum Gasteiger partial charge on any atom is -0.338 e. The van der Waals surface area contributed by atoms with Crippen LogP contribution in [0.5, 0.6) is 0 Å². The van der Waals surface area contributed by atoms with E-state index in [0.29, 0.717) is 24.0 Å². The lowest BCUT2D eigenvalue weighted by Crippen LogP contribution is -2.31. The van der Waals surface area contributed by atoms with Crippen LogP contribution in [-0.2, 0) is 5.41 Å². The summed E-state index contributed by atoms with van der Waals surface area (Å²) in [6.45, 7) is 4.39. The lowest BCUT2D eigenvalue weighted by atomic mass is 9.88. The van der Waals surface area contributed by atoms with Gasteiger partial charge in [-0.05, 0) is 25.5 Å². The topological polar surface area (TPSA) is 77.8 Å². The van der Waals surface area contributed by atoms with Gasteiger partial charge in [0.05, 0.1) is 11.6 Å². The molecule has 1 atom stereocenters. The van der Waals surface area contributed by atoms with Crippen molar-refractivity contribution in [3.05, 3.63) is 30.0 Å². The third kappa shape index (κ3) is 2.24. The van der Waals surface area contributed by atoms with Gasteiger partial charge < -0.3 is 10.3 Å². The van der Waals surface area contributed by atoms with E-state index in [2.05, 4.69) is 15.1 Å². The van der Waals surface area contributed by atoms with Crippen molar-refractivity contribution < 1.29 is 8.91 Å². The molecule has 2 heterocycles. The minimum absolute atomic E-state index is 0.342. The average molecular weight is 250 g/mol. The van der Waals surface area contributed by atoms with Gasteiger partial charge >= 0.3 is 0 Å². The highest BCUT2D eigenvalue weighted by atomic mass is 19.1. The Bertz CT molecular complexity index is 519. The SMILES string of the molecule is CCC(C)(CN)c1nc(-c2ccc(F)cn2)no1. The third-order valence-corrected chi connectivity index (χ3v) is 3.13. The maximum atomic E-state index is 12.8. The Morgan fingerprint density at radius 1 is 1.44 bits per heavy atom. The zero-order valence-corrected chi connectivity index (χ0v) is 10.4. The Hall–Kier alpha value is -1.82. The fourth-order valence-electron chi connectivity index (χ4n) is 1.46. The first-order valence-electron chi connectivity index (χ1n) is 5.75. The van der Waals surface area contributed by atoms with Crippen molar-refractivity contribution in [2.45, 2.75) is 25.7 Å². The summed E-state index contributed by atoms with van der Waals surface area (Å²) < 4.78 is 18.0. The van der Waals surface area contributed by atoms with Crippen molar-refractivity contribution in [3.63, 3.8) is 0 Å². The summed E-state index contributed by atoms with van der Waals surface area (Å²) in [5, 5.41) is 3.85. The molecule has 0 saturated heterocycles. The van der Waals surface area contributed by atoms with E-state index < -0.39 is 5.82 Å². The van der Waals surface area contributed by atoms with Crippen LogP contribution in [0, 0.1) is 5.82 Å². The highest BCUT2D eigenvalue weighted by Gasteiger charge is 2.30. The van der Waals surface area contributed by atoms with Crippen LogP contribution in [0.4, 0.5) is 4.39 Å². The molecule has 5 nitrogen and oxygen atoms in total. The fourth-order valence-corrected chi connectivity index (χ4v) is 1.46. The van der Waals surface area contributed by atoms with Crippen LogP contribution in [0.2, 0.25) is 0 Å². The summed E-state index contributed by atoms with van der Waals surface area (Å²) in [5.41, 5.74) is 5.86. The number of nitrogens with two attached hydrogens (primary N) is 1. The Morgan fingerprint density at radius 2 is 2.22 bits per heavy atom. The summed E-state index contributed by atoms with van der Waals surface area (Å²) >= 11 is 0. The van der Waals surface area contributed by atoms with E-state index in [4.69, 9.17) is 10.3 Å². The van der Waals surface area contributed by atoms with Gasteiger partial charge in [-0.3, -0.25) is 0 Å². The molecule has 96 valence electrons. The second-order valence-corrected chi connectivity index (χ2v) is 4.40. The highest BCUT2D eigenvalue weighted by Crippen LogP contribution is 2.26. The van der Waals surface area contributed by atoms with Crippen molar-refractivity contribution in [2.24, 2.45) is 5.73 Å². The Balaban J connectivity index is 2.33. The molecule has 1 unspecified atom stereocenters. The van der Waals surface area contributed by atoms with Crippen LogP contribution in [-0.4, -0.2) is 21.7 Å². The Labute approximate surface area is 104 Å². The van der Waals surface area contributed by atoms with E-state index in [0.717, 1.165) is 12.6 Å². The van der Waals surface area contributed by atoms with Gasteiger partial charge in [-0.1, -0.05) is 12.1 Å². The largest absolute Gasteiger partial charge is 0.338 e. The van der Waals surface area contributed by atoms with Gasteiger partial charge in [-0.15, -0.1) is 0 Å². The number of nitrogens with zero attached hydrogens (tertiary/aromatic N) is 3. The molecule has 0 amide bonds. The standard InChI is InChI=1S/C12H15FN4O/c1-3-12(2,7-14)11-16-10(17-18-11)9-5-4-8(13)6-15-9/h4-6H,3,7,14H2,1-2H3. The van der Waals surface area contributed by atoms with Crippen molar-refractivity contribution >= 4 is 0 Å². The molecule has 2 N–H and O–H groups in total. The second-order valence-electron chi connectivity index (χ2n) is 4.40. The number of rotatable bonds is 4. The van der Waals surface area contributed by atoms with Gasteiger partial charge in [0.25, 0.3) is 0 Å². The molecule has 2 rings (SSSR count). The Kier molecular flexibility index (Phi) is 3.38. The zero-order chi connectivity index (χ0) is 13.2. The molecule has 0 fully saturated rings. The summed E-state index contributed by atoms with van der Waals surface area (Å²) in [5.74, 6) is 0.426. The molecule has 0 aliphatic carbocycles. The predicted molar refractivity (Wildman–Crippen MR) is 64.2 cm³/mol. The van der Waals surface area contributed by atoms with Gasteiger partial charge in [0.15, 0.2) is 0 Å². The van der Waals surface area contributed by atoms with Crippen LogP contribution in [0.25, 0.3) is 11.5 Å². The molecule has 2 aromatic heterocycles. The lowest BCUT2D eigenvalue weighted by Gasteiger charge is -2.20. The molecule has 0 bridgehead atoms. The third-order valence-electron chi connectivity index (χ3n) is 3.13. The number of pyridine rings is 1. The van der Waals surface area contributed by atoms with Crippen molar-refractivity contribution in [1.29, 1.82) is 0 Å². The lowest BCUT2D eigenvalue weighted by molar-refractivity contribution is 0.291. The number of hydrogen-bond acceptors (Lipinski definition) is 5. The molecular weight excluding hydrogens is 235 g/mol. The molecule has 18 heavy (non-hydrogen) atoms. The molecule has 0 saturated carbocycles. The van der Waals surface area contributed by atoms with Crippen LogP contribution in [0.1, 0.15) is 26.2 Å². The minimum atomic E-state index is -0.400. The van der Waals surface area contributed by atoms with E-state index in [1.165, 1.54) is 12.1 Å². The summed E-state index contributed by atoms with van der Waals surface area (Å²) in [6, 6.07) is 2.82. The normalized spacial score (nSPS) is 14.4. The van der Waals surface area contributed by atoms with Gasteiger partial charge in [0.2, 0.25) is 11.7 Å². The molecule has 0 aliphatic rings. The number of hydrogen-bond donors (Lipinski definition) is 1. The van der Waals surface area contributed by atoms with E-state index >= 15 is 0 Å². The van der Waals surface area contributed by atoms with Crippen LogP contribution >= 0.6 is 0 Å². The predicted octanol–water partition coefficient (Wildman–Crippen LogP) is 1.90. The van der Waals surface area contributed by atoms with E-state index in [-0.39, 0.29) is 5.41 Å². The molecule has 2 aromatic rings. The van der Waals surface area contributed by atoms with Crippen molar-refractivity contribution in [3.8, 4) is 11.5 Å².